The van der Waals surface area contributed by atoms with Crippen LogP contribution in [0.3, 0.4) is 0 Å². The molecule has 0 atom stereocenters. The minimum Gasteiger partial charge on any atom is -0.496 e. The molecule has 0 saturated heterocycles. The van der Waals surface area contributed by atoms with Crippen molar-refractivity contribution in [2.24, 2.45) is 0 Å². The number of ether oxygens (including phenoxy) is 1. The number of hydrogen-bond donors (Lipinski definition) is 2. The van der Waals surface area contributed by atoms with Gasteiger partial charge in [-0.3, -0.25) is 4.79 Å². The molecule has 0 spiro atoms. The molecule has 6 heteroatoms. The molecule has 0 unspecified atom stereocenters. The van der Waals surface area contributed by atoms with E-state index < -0.39 is 0 Å². The Morgan fingerprint density at radius 1 is 1.03 bits per heavy atom. The Kier molecular flexibility index (Phi) is 5.81. The number of aromatic amines is 1. The van der Waals surface area contributed by atoms with Crippen LogP contribution in [-0.2, 0) is 12.3 Å². The quantitative estimate of drug-likeness (QED) is 0.435. The fraction of sp³-hybridized carbons (Fsp3) is 0.130. The van der Waals surface area contributed by atoms with Crippen LogP contribution in [0.15, 0.2) is 78.0 Å². The SMILES string of the molecule is COc1ccccc1CNC(=O)c1ccc(CSc2nc3ccccc3[nH]2)cc1. The van der Waals surface area contributed by atoms with Crippen LogP contribution in [0.5, 0.6) is 5.75 Å². The van der Waals surface area contributed by atoms with Gasteiger partial charge in [0.1, 0.15) is 5.75 Å². The van der Waals surface area contributed by atoms with Crippen LogP contribution in [-0.4, -0.2) is 23.0 Å². The highest BCUT2D eigenvalue weighted by Gasteiger charge is 2.08. The summed E-state index contributed by atoms with van der Waals surface area (Å²) in [5.74, 6) is 1.45. The molecular weight excluding hydrogens is 382 g/mol. The van der Waals surface area contributed by atoms with Gasteiger partial charge in [-0.1, -0.05) is 54.2 Å². The number of para-hydroxylation sites is 3. The van der Waals surface area contributed by atoms with E-state index in [1.165, 1.54) is 0 Å². The lowest BCUT2D eigenvalue weighted by Crippen LogP contribution is -2.23. The van der Waals surface area contributed by atoms with Gasteiger partial charge in [0.2, 0.25) is 0 Å². The molecular formula is C23H21N3O2S. The molecule has 0 aliphatic carbocycles. The first-order chi connectivity index (χ1) is 14.2. The van der Waals surface area contributed by atoms with Gasteiger partial charge >= 0.3 is 0 Å². The minimum absolute atomic E-state index is 0.104. The Morgan fingerprint density at radius 2 is 1.79 bits per heavy atom. The Hall–Kier alpha value is -3.25. The number of carbonyl (C=O) groups is 1. The third-order valence-electron chi connectivity index (χ3n) is 4.59. The van der Waals surface area contributed by atoms with E-state index >= 15 is 0 Å². The second kappa shape index (κ2) is 8.84. The molecule has 4 rings (SSSR count). The molecule has 0 bridgehead atoms. The second-order valence-corrected chi connectivity index (χ2v) is 7.50. The average Bonchev–Trinajstić information content (AvgIpc) is 3.19. The van der Waals surface area contributed by atoms with E-state index in [4.69, 9.17) is 4.74 Å². The van der Waals surface area contributed by atoms with Crippen molar-refractivity contribution < 1.29 is 9.53 Å². The van der Waals surface area contributed by atoms with Crippen LogP contribution in [0, 0.1) is 0 Å². The molecule has 1 amide bonds. The average molecular weight is 404 g/mol. The highest BCUT2D eigenvalue weighted by Crippen LogP contribution is 2.23. The van der Waals surface area contributed by atoms with E-state index in [1.807, 2.05) is 72.8 Å². The number of hydrogen-bond acceptors (Lipinski definition) is 4. The van der Waals surface area contributed by atoms with Gasteiger partial charge in [-0.05, 0) is 35.9 Å². The predicted molar refractivity (Wildman–Crippen MR) is 116 cm³/mol. The van der Waals surface area contributed by atoms with Gasteiger partial charge in [-0.2, -0.15) is 0 Å². The van der Waals surface area contributed by atoms with Crippen LogP contribution in [0.4, 0.5) is 0 Å². The number of nitrogens with zero attached hydrogens (tertiary/aromatic N) is 1. The monoisotopic (exact) mass is 403 g/mol. The number of aromatic nitrogens is 2. The first-order valence-corrected chi connectivity index (χ1v) is 10.3. The van der Waals surface area contributed by atoms with Crippen molar-refractivity contribution in [3.8, 4) is 5.75 Å². The third-order valence-corrected chi connectivity index (χ3v) is 5.54. The number of thioether (sulfide) groups is 1. The maximum Gasteiger partial charge on any atom is 0.251 e. The number of H-pyrrole nitrogens is 1. The number of imidazole rings is 1. The van der Waals surface area contributed by atoms with E-state index in [0.717, 1.165) is 38.8 Å². The summed E-state index contributed by atoms with van der Waals surface area (Å²) in [5, 5.41) is 3.84. The molecule has 146 valence electrons. The number of benzene rings is 3. The summed E-state index contributed by atoms with van der Waals surface area (Å²) in [5.41, 5.74) is 4.73. The number of rotatable bonds is 7. The molecule has 0 saturated carbocycles. The fourth-order valence-electron chi connectivity index (χ4n) is 3.03. The van der Waals surface area contributed by atoms with Gasteiger partial charge in [0, 0.05) is 23.4 Å². The van der Waals surface area contributed by atoms with Gasteiger partial charge in [0.25, 0.3) is 5.91 Å². The van der Waals surface area contributed by atoms with Gasteiger partial charge < -0.3 is 15.0 Å². The molecule has 2 N–H and O–H groups in total. The predicted octanol–water partition coefficient (Wildman–Crippen LogP) is 4.79. The maximum absolute atomic E-state index is 12.4. The normalized spacial score (nSPS) is 10.8. The summed E-state index contributed by atoms with van der Waals surface area (Å²) < 4.78 is 5.32. The third kappa shape index (κ3) is 4.60. The highest BCUT2D eigenvalue weighted by atomic mass is 32.2. The summed E-state index contributed by atoms with van der Waals surface area (Å²) in [6.45, 7) is 0.423. The molecule has 1 heterocycles. The molecule has 5 nitrogen and oxygen atoms in total. The van der Waals surface area contributed by atoms with Gasteiger partial charge in [-0.25, -0.2) is 4.98 Å². The zero-order chi connectivity index (χ0) is 20.1. The van der Waals surface area contributed by atoms with Crippen molar-refractivity contribution >= 4 is 28.7 Å². The first kappa shape index (κ1) is 19.1. The number of fused-ring (bicyclic) bond motifs is 1. The van der Waals surface area contributed by atoms with E-state index in [-0.39, 0.29) is 5.91 Å². The number of nitrogens with one attached hydrogen (secondary N) is 2. The lowest BCUT2D eigenvalue weighted by molar-refractivity contribution is 0.0950. The maximum atomic E-state index is 12.4. The van der Waals surface area contributed by atoms with Crippen LogP contribution in [0.2, 0.25) is 0 Å². The Balaban J connectivity index is 1.34. The second-order valence-electron chi connectivity index (χ2n) is 6.54. The zero-order valence-corrected chi connectivity index (χ0v) is 16.8. The van der Waals surface area contributed by atoms with E-state index in [1.54, 1.807) is 18.9 Å². The molecule has 3 aromatic carbocycles. The molecule has 0 aliphatic heterocycles. The summed E-state index contributed by atoms with van der Waals surface area (Å²) in [7, 11) is 1.63. The summed E-state index contributed by atoms with van der Waals surface area (Å²) >= 11 is 1.64. The van der Waals surface area contributed by atoms with E-state index in [2.05, 4.69) is 15.3 Å². The molecule has 0 fully saturated rings. The minimum atomic E-state index is -0.104. The molecule has 29 heavy (non-hydrogen) atoms. The fourth-order valence-corrected chi connectivity index (χ4v) is 3.87. The van der Waals surface area contributed by atoms with Gasteiger partial charge in [-0.15, -0.1) is 0 Å². The van der Waals surface area contributed by atoms with Crippen molar-refractivity contribution in [1.82, 2.24) is 15.3 Å². The van der Waals surface area contributed by atoms with Crippen molar-refractivity contribution in [2.45, 2.75) is 17.5 Å². The highest BCUT2D eigenvalue weighted by molar-refractivity contribution is 7.98. The summed E-state index contributed by atoms with van der Waals surface area (Å²) in [4.78, 5) is 20.3. The van der Waals surface area contributed by atoms with Crippen LogP contribution < -0.4 is 10.1 Å². The lowest BCUT2D eigenvalue weighted by atomic mass is 10.1. The smallest absolute Gasteiger partial charge is 0.251 e. The number of amides is 1. The summed E-state index contributed by atoms with van der Waals surface area (Å²) in [6.07, 6.45) is 0. The van der Waals surface area contributed by atoms with Gasteiger partial charge in [0.05, 0.1) is 18.1 Å². The van der Waals surface area contributed by atoms with Crippen molar-refractivity contribution in [3.05, 3.63) is 89.5 Å². The lowest BCUT2D eigenvalue weighted by Gasteiger charge is -2.10. The van der Waals surface area contributed by atoms with E-state index in [0.29, 0.717) is 12.1 Å². The van der Waals surface area contributed by atoms with Crippen LogP contribution >= 0.6 is 11.8 Å². The van der Waals surface area contributed by atoms with Crippen molar-refractivity contribution in [2.75, 3.05) is 7.11 Å². The van der Waals surface area contributed by atoms with Crippen molar-refractivity contribution in [1.29, 1.82) is 0 Å². The Morgan fingerprint density at radius 3 is 2.59 bits per heavy atom. The van der Waals surface area contributed by atoms with Gasteiger partial charge in [0.15, 0.2) is 5.16 Å². The molecule has 0 radical (unpaired) electrons. The largest absolute Gasteiger partial charge is 0.496 e. The zero-order valence-electron chi connectivity index (χ0n) is 16.0. The van der Waals surface area contributed by atoms with Crippen molar-refractivity contribution in [3.63, 3.8) is 0 Å². The molecule has 4 aromatic rings. The Labute approximate surface area is 173 Å². The summed E-state index contributed by atoms with van der Waals surface area (Å²) in [6, 6.07) is 23.3. The molecule has 1 aromatic heterocycles. The van der Waals surface area contributed by atoms with Crippen LogP contribution in [0.25, 0.3) is 11.0 Å². The standard InChI is InChI=1S/C23H21N3O2S/c1-28-21-9-5-2-6-18(21)14-24-22(27)17-12-10-16(11-13-17)15-29-23-25-19-7-3-4-8-20(19)26-23/h2-13H,14-15H2,1H3,(H,24,27)(H,25,26). The number of carbonyl (C=O) groups excluding carboxylic acids is 1. The molecule has 0 aliphatic rings. The Bertz CT molecular complexity index is 1090. The number of methoxy groups -OCH3 is 1. The van der Waals surface area contributed by atoms with Crippen LogP contribution in [0.1, 0.15) is 21.5 Å². The van der Waals surface area contributed by atoms with E-state index in [9.17, 15) is 4.79 Å². The topological polar surface area (TPSA) is 67.0 Å². The first-order valence-electron chi connectivity index (χ1n) is 9.29.